The number of fused-ring (bicyclic) bond motifs is 1. The van der Waals surface area contributed by atoms with Crippen molar-refractivity contribution in [2.75, 3.05) is 6.54 Å². The molecular weight excluding hydrogens is 222 g/mol. The van der Waals surface area contributed by atoms with Gasteiger partial charge in [0.05, 0.1) is 6.04 Å². The lowest BCUT2D eigenvalue weighted by molar-refractivity contribution is 0.183. The van der Waals surface area contributed by atoms with Gasteiger partial charge in [0.15, 0.2) is 0 Å². The lowest BCUT2D eigenvalue weighted by atomic mass is 9.95. The van der Waals surface area contributed by atoms with E-state index in [-0.39, 0.29) is 6.10 Å². The molecule has 1 aliphatic rings. The van der Waals surface area contributed by atoms with Crippen LogP contribution in [0.3, 0.4) is 0 Å². The fourth-order valence-corrected chi connectivity index (χ4v) is 2.69. The Kier molecular flexibility index (Phi) is 4.28. The second-order valence-corrected chi connectivity index (χ2v) is 5.42. The van der Waals surface area contributed by atoms with Crippen molar-refractivity contribution in [2.45, 2.75) is 58.6 Å². The third-order valence-electron chi connectivity index (χ3n) is 3.69. The summed E-state index contributed by atoms with van der Waals surface area (Å²) < 4.78 is 6.20. The van der Waals surface area contributed by atoms with Gasteiger partial charge in [0.25, 0.3) is 0 Å². The van der Waals surface area contributed by atoms with E-state index in [4.69, 9.17) is 4.74 Å². The quantitative estimate of drug-likeness (QED) is 0.848. The highest BCUT2D eigenvalue weighted by molar-refractivity contribution is 5.48. The Bertz CT molecular complexity index is 400. The zero-order valence-electron chi connectivity index (χ0n) is 12.0. The van der Waals surface area contributed by atoms with Crippen LogP contribution in [0, 0.1) is 0 Å². The first-order valence-electron chi connectivity index (χ1n) is 7.21. The van der Waals surface area contributed by atoms with Gasteiger partial charge in [-0.3, -0.25) is 0 Å². The summed E-state index contributed by atoms with van der Waals surface area (Å²) in [6.45, 7) is 9.91. The van der Waals surface area contributed by atoms with Gasteiger partial charge >= 0.3 is 0 Å². The summed E-state index contributed by atoms with van der Waals surface area (Å²) in [6.07, 6.45) is 2.49. The maximum atomic E-state index is 6.20. The third-order valence-corrected chi connectivity index (χ3v) is 3.69. The Hall–Kier alpha value is -1.02. The van der Waals surface area contributed by atoms with Crippen molar-refractivity contribution < 1.29 is 4.74 Å². The second-order valence-electron chi connectivity index (χ2n) is 5.42. The first kappa shape index (κ1) is 13.4. The number of hydrogen-bond donors (Lipinski definition) is 1. The fraction of sp³-hybridized carbons (Fsp3) is 0.625. The van der Waals surface area contributed by atoms with E-state index in [1.54, 1.807) is 0 Å². The Morgan fingerprint density at radius 1 is 1.28 bits per heavy atom. The molecule has 1 N–H and O–H groups in total. The van der Waals surface area contributed by atoms with Gasteiger partial charge in [-0.2, -0.15) is 0 Å². The van der Waals surface area contributed by atoms with E-state index in [2.05, 4.69) is 51.2 Å². The average Bonchev–Trinajstić information content (AvgIpc) is 2.73. The van der Waals surface area contributed by atoms with Gasteiger partial charge in [-0.05, 0) is 30.9 Å². The minimum Gasteiger partial charge on any atom is -0.488 e. The van der Waals surface area contributed by atoms with Crippen LogP contribution in [-0.2, 0) is 0 Å². The van der Waals surface area contributed by atoms with E-state index < -0.39 is 0 Å². The van der Waals surface area contributed by atoms with Crippen molar-refractivity contribution in [3.05, 3.63) is 29.3 Å². The second kappa shape index (κ2) is 5.75. The summed E-state index contributed by atoms with van der Waals surface area (Å²) in [4.78, 5) is 0. The maximum absolute atomic E-state index is 6.20. The molecule has 2 rings (SSSR count). The van der Waals surface area contributed by atoms with E-state index in [1.807, 2.05) is 0 Å². The van der Waals surface area contributed by atoms with Crippen molar-refractivity contribution in [2.24, 2.45) is 0 Å². The van der Waals surface area contributed by atoms with Crippen molar-refractivity contribution in [3.63, 3.8) is 0 Å². The standard InChI is InChI=1S/C16H25NO/c1-5-10-17-15-13-9-7-8-12(11(3)4)16(13)18-14(15)6-2/h7-9,11,14-15,17H,5-6,10H2,1-4H3. The smallest absolute Gasteiger partial charge is 0.128 e. The molecular formula is C16H25NO. The predicted molar refractivity (Wildman–Crippen MR) is 76.3 cm³/mol. The molecule has 2 heteroatoms. The van der Waals surface area contributed by atoms with Crippen LogP contribution in [0.4, 0.5) is 0 Å². The molecule has 0 radical (unpaired) electrons. The molecule has 0 spiro atoms. The molecule has 0 aromatic heterocycles. The number of hydrogen-bond acceptors (Lipinski definition) is 2. The zero-order valence-corrected chi connectivity index (χ0v) is 12.0. The molecule has 0 saturated carbocycles. The molecule has 2 atom stereocenters. The molecule has 1 heterocycles. The van der Waals surface area contributed by atoms with E-state index >= 15 is 0 Å². The normalized spacial score (nSPS) is 22.1. The zero-order chi connectivity index (χ0) is 13.1. The van der Waals surface area contributed by atoms with Crippen molar-refractivity contribution in [1.82, 2.24) is 5.32 Å². The minimum atomic E-state index is 0.284. The summed E-state index contributed by atoms with van der Waals surface area (Å²) in [7, 11) is 0. The molecule has 1 aromatic rings. The monoisotopic (exact) mass is 247 g/mol. The van der Waals surface area contributed by atoms with Crippen LogP contribution in [0.1, 0.15) is 63.6 Å². The van der Waals surface area contributed by atoms with Gasteiger partial charge in [0, 0.05) is 5.56 Å². The molecule has 2 unspecified atom stereocenters. The predicted octanol–water partition coefficient (Wildman–Crippen LogP) is 4.02. The summed E-state index contributed by atoms with van der Waals surface area (Å²) in [5, 5.41) is 3.63. The summed E-state index contributed by atoms with van der Waals surface area (Å²) in [5.74, 6) is 1.65. The molecule has 0 aliphatic carbocycles. The van der Waals surface area contributed by atoms with Gasteiger partial charge < -0.3 is 10.1 Å². The number of rotatable bonds is 5. The van der Waals surface area contributed by atoms with Crippen molar-refractivity contribution >= 4 is 0 Å². The van der Waals surface area contributed by atoms with Crippen LogP contribution in [0.5, 0.6) is 5.75 Å². The van der Waals surface area contributed by atoms with Gasteiger partial charge in [0.1, 0.15) is 11.9 Å². The summed E-state index contributed by atoms with van der Waals surface area (Å²) >= 11 is 0. The van der Waals surface area contributed by atoms with Crippen molar-refractivity contribution in [3.8, 4) is 5.75 Å². The van der Waals surface area contributed by atoms with Crippen LogP contribution in [0.25, 0.3) is 0 Å². The average molecular weight is 247 g/mol. The first-order chi connectivity index (χ1) is 8.69. The molecule has 1 aliphatic heterocycles. The lowest BCUT2D eigenvalue weighted by Crippen LogP contribution is -2.30. The van der Waals surface area contributed by atoms with E-state index in [0.29, 0.717) is 12.0 Å². The largest absolute Gasteiger partial charge is 0.488 e. The first-order valence-corrected chi connectivity index (χ1v) is 7.21. The number of nitrogens with one attached hydrogen (secondary N) is 1. The van der Waals surface area contributed by atoms with E-state index in [9.17, 15) is 0 Å². The van der Waals surface area contributed by atoms with E-state index in [1.165, 1.54) is 11.1 Å². The highest BCUT2D eigenvalue weighted by Gasteiger charge is 2.34. The highest BCUT2D eigenvalue weighted by Crippen LogP contribution is 2.42. The maximum Gasteiger partial charge on any atom is 0.128 e. The number of para-hydroxylation sites is 1. The molecule has 2 nitrogen and oxygen atoms in total. The van der Waals surface area contributed by atoms with Crippen LogP contribution >= 0.6 is 0 Å². The van der Waals surface area contributed by atoms with E-state index in [0.717, 1.165) is 25.1 Å². The van der Waals surface area contributed by atoms with Gasteiger partial charge in [-0.25, -0.2) is 0 Å². The molecule has 18 heavy (non-hydrogen) atoms. The topological polar surface area (TPSA) is 21.3 Å². The summed E-state index contributed by atoms with van der Waals surface area (Å²) in [5.41, 5.74) is 2.69. The molecule has 1 aromatic carbocycles. The number of ether oxygens (including phenoxy) is 1. The Labute approximate surface area is 111 Å². The molecule has 0 bridgehead atoms. The fourth-order valence-electron chi connectivity index (χ4n) is 2.69. The van der Waals surface area contributed by atoms with Crippen LogP contribution in [-0.4, -0.2) is 12.6 Å². The van der Waals surface area contributed by atoms with Gasteiger partial charge in [-0.15, -0.1) is 0 Å². The van der Waals surface area contributed by atoms with Gasteiger partial charge in [-0.1, -0.05) is 45.9 Å². The van der Waals surface area contributed by atoms with Crippen LogP contribution in [0.2, 0.25) is 0 Å². The number of benzene rings is 1. The lowest BCUT2D eigenvalue weighted by Gasteiger charge is -2.18. The summed E-state index contributed by atoms with van der Waals surface area (Å²) in [6, 6.07) is 6.93. The Morgan fingerprint density at radius 2 is 2.06 bits per heavy atom. The third kappa shape index (κ3) is 2.39. The SMILES string of the molecule is CCCNC1c2cccc(C(C)C)c2OC1CC. The molecule has 0 fully saturated rings. The van der Waals surface area contributed by atoms with Crippen LogP contribution in [0.15, 0.2) is 18.2 Å². The highest BCUT2D eigenvalue weighted by atomic mass is 16.5. The molecule has 100 valence electrons. The van der Waals surface area contributed by atoms with Gasteiger partial charge in [0.2, 0.25) is 0 Å². The van der Waals surface area contributed by atoms with Crippen molar-refractivity contribution in [1.29, 1.82) is 0 Å². The minimum absolute atomic E-state index is 0.284. The molecule has 0 amide bonds. The Balaban J connectivity index is 2.32. The Morgan fingerprint density at radius 3 is 2.67 bits per heavy atom. The van der Waals surface area contributed by atoms with Crippen LogP contribution < -0.4 is 10.1 Å². The molecule has 0 saturated heterocycles.